The van der Waals surface area contributed by atoms with E-state index in [2.05, 4.69) is 42.7 Å². The first-order chi connectivity index (χ1) is 9.25. The Morgan fingerprint density at radius 2 is 2.16 bits per heavy atom. The summed E-state index contributed by atoms with van der Waals surface area (Å²) < 4.78 is 0. The number of nitrogens with one attached hydrogen (secondary N) is 2. The van der Waals surface area contributed by atoms with Crippen molar-refractivity contribution in [2.24, 2.45) is 5.92 Å². The Kier molecular flexibility index (Phi) is 5.87. The number of rotatable bonds is 6. The lowest BCUT2D eigenvalue weighted by molar-refractivity contribution is 0.352. The van der Waals surface area contributed by atoms with Crippen LogP contribution in [0.4, 0.5) is 0 Å². The molecule has 2 heteroatoms. The highest BCUT2D eigenvalue weighted by atomic mass is 14.9. The smallest absolute Gasteiger partial charge is 0.000825 e. The summed E-state index contributed by atoms with van der Waals surface area (Å²) in [5, 5.41) is 7.08. The van der Waals surface area contributed by atoms with E-state index < -0.39 is 0 Å². The van der Waals surface area contributed by atoms with E-state index in [0.717, 1.165) is 25.4 Å². The number of benzene rings is 1. The zero-order valence-corrected chi connectivity index (χ0v) is 12.5. The van der Waals surface area contributed by atoms with E-state index in [1.54, 1.807) is 0 Å². The van der Waals surface area contributed by atoms with Gasteiger partial charge >= 0.3 is 0 Å². The first kappa shape index (κ1) is 14.5. The Morgan fingerprint density at radius 1 is 1.26 bits per heavy atom. The van der Waals surface area contributed by atoms with Gasteiger partial charge in [-0.05, 0) is 82.8 Å². The fourth-order valence-electron chi connectivity index (χ4n) is 2.95. The Labute approximate surface area is 118 Å². The molecule has 0 spiro atoms. The third kappa shape index (κ3) is 4.96. The molecule has 106 valence electrons. The second-order valence-corrected chi connectivity index (χ2v) is 5.93. The summed E-state index contributed by atoms with van der Waals surface area (Å²) in [6.45, 7) is 9.08. The zero-order valence-electron chi connectivity index (χ0n) is 12.5. The highest BCUT2D eigenvalue weighted by Crippen LogP contribution is 2.13. The quantitative estimate of drug-likeness (QED) is 0.769. The van der Waals surface area contributed by atoms with E-state index in [9.17, 15) is 0 Å². The minimum absolute atomic E-state index is 0.891. The van der Waals surface area contributed by atoms with Gasteiger partial charge < -0.3 is 10.6 Å². The van der Waals surface area contributed by atoms with Crippen molar-refractivity contribution in [1.82, 2.24) is 10.6 Å². The monoisotopic (exact) mass is 260 g/mol. The number of piperidine rings is 1. The highest BCUT2D eigenvalue weighted by Gasteiger charge is 2.11. The highest BCUT2D eigenvalue weighted by molar-refractivity contribution is 5.30. The molecule has 1 saturated heterocycles. The van der Waals surface area contributed by atoms with Crippen LogP contribution in [0.25, 0.3) is 0 Å². The molecule has 0 amide bonds. The average Bonchev–Trinajstić information content (AvgIpc) is 2.42. The number of hydrogen-bond donors (Lipinski definition) is 2. The minimum Gasteiger partial charge on any atom is -0.316 e. The molecule has 1 atom stereocenters. The van der Waals surface area contributed by atoms with Crippen LogP contribution in [0, 0.1) is 19.8 Å². The first-order valence-electron chi connectivity index (χ1n) is 7.73. The lowest BCUT2D eigenvalue weighted by Crippen LogP contribution is -2.32. The van der Waals surface area contributed by atoms with Gasteiger partial charge in [-0.25, -0.2) is 0 Å². The summed E-state index contributed by atoms with van der Waals surface area (Å²) >= 11 is 0. The van der Waals surface area contributed by atoms with Crippen molar-refractivity contribution < 1.29 is 0 Å². The maximum absolute atomic E-state index is 3.60. The van der Waals surface area contributed by atoms with Crippen LogP contribution in [-0.2, 0) is 6.42 Å². The second-order valence-electron chi connectivity index (χ2n) is 5.93. The van der Waals surface area contributed by atoms with E-state index in [4.69, 9.17) is 0 Å². The molecule has 1 aromatic carbocycles. The summed E-state index contributed by atoms with van der Waals surface area (Å²) in [6, 6.07) is 6.77. The van der Waals surface area contributed by atoms with Crippen LogP contribution >= 0.6 is 0 Å². The Hall–Kier alpha value is -0.860. The molecule has 1 fully saturated rings. The van der Waals surface area contributed by atoms with Gasteiger partial charge in [0.25, 0.3) is 0 Å². The summed E-state index contributed by atoms with van der Waals surface area (Å²) in [4.78, 5) is 0. The van der Waals surface area contributed by atoms with Crippen LogP contribution in [0.2, 0.25) is 0 Å². The average molecular weight is 260 g/mol. The van der Waals surface area contributed by atoms with E-state index >= 15 is 0 Å². The van der Waals surface area contributed by atoms with E-state index in [-0.39, 0.29) is 0 Å². The van der Waals surface area contributed by atoms with Gasteiger partial charge in [0, 0.05) is 0 Å². The van der Waals surface area contributed by atoms with Crippen molar-refractivity contribution in [1.29, 1.82) is 0 Å². The van der Waals surface area contributed by atoms with Crippen LogP contribution in [-0.4, -0.2) is 26.2 Å². The van der Waals surface area contributed by atoms with Gasteiger partial charge in [0.05, 0.1) is 0 Å². The van der Waals surface area contributed by atoms with Gasteiger partial charge in [0.1, 0.15) is 0 Å². The minimum atomic E-state index is 0.891. The zero-order chi connectivity index (χ0) is 13.5. The number of hydrogen-bond acceptors (Lipinski definition) is 2. The fraction of sp³-hybridized carbons (Fsp3) is 0.647. The maximum atomic E-state index is 3.60. The lowest BCUT2D eigenvalue weighted by atomic mass is 9.96. The SMILES string of the molecule is Cc1ccc(CCNCCC2CCCNC2)c(C)c1. The van der Waals surface area contributed by atoms with Gasteiger partial charge in [-0.15, -0.1) is 0 Å². The largest absolute Gasteiger partial charge is 0.316 e. The number of aryl methyl sites for hydroxylation is 2. The molecule has 1 aromatic rings. The first-order valence-corrected chi connectivity index (χ1v) is 7.73. The predicted octanol–water partition coefficient (Wildman–Crippen LogP) is 2.83. The van der Waals surface area contributed by atoms with Crippen molar-refractivity contribution in [3.05, 3.63) is 34.9 Å². The standard InChI is InChI=1S/C17H28N2/c1-14-5-6-17(15(2)12-14)8-11-18-10-7-16-4-3-9-19-13-16/h5-6,12,16,18-19H,3-4,7-11,13H2,1-2H3. The second kappa shape index (κ2) is 7.66. The summed E-state index contributed by atoms with van der Waals surface area (Å²) in [6.07, 6.45) is 5.23. The molecule has 19 heavy (non-hydrogen) atoms. The van der Waals surface area contributed by atoms with E-state index in [1.807, 2.05) is 0 Å². The summed E-state index contributed by atoms with van der Waals surface area (Å²) in [5.41, 5.74) is 4.27. The summed E-state index contributed by atoms with van der Waals surface area (Å²) in [5.74, 6) is 0.891. The maximum Gasteiger partial charge on any atom is -0.000825 e. The van der Waals surface area contributed by atoms with Gasteiger partial charge in [0.15, 0.2) is 0 Å². The molecule has 0 saturated carbocycles. The Morgan fingerprint density at radius 3 is 2.89 bits per heavy atom. The normalized spacial score (nSPS) is 19.6. The molecule has 0 radical (unpaired) electrons. The summed E-state index contributed by atoms with van der Waals surface area (Å²) in [7, 11) is 0. The van der Waals surface area contributed by atoms with Crippen molar-refractivity contribution in [2.75, 3.05) is 26.2 Å². The van der Waals surface area contributed by atoms with Crippen LogP contribution in [0.5, 0.6) is 0 Å². The molecule has 0 aliphatic carbocycles. The van der Waals surface area contributed by atoms with Gasteiger partial charge in [-0.2, -0.15) is 0 Å². The Bertz CT molecular complexity index is 381. The van der Waals surface area contributed by atoms with Crippen LogP contribution in [0.3, 0.4) is 0 Å². The molecule has 2 rings (SSSR count). The van der Waals surface area contributed by atoms with E-state index in [0.29, 0.717) is 0 Å². The van der Waals surface area contributed by atoms with Crippen molar-refractivity contribution in [2.45, 2.75) is 39.5 Å². The van der Waals surface area contributed by atoms with Crippen LogP contribution in [0.1, 0.15) is 36.0 Å². The molecule has 1 aliphatic rings. The molecule has 1 unspecified atom stereocenters. The van der Waals surface area contributed by atoms with Crippen molar-refractivity contribution in [3.63, 3.8) is 0 Å². The third-order valence-corrected chi connectivity index (χ3v) is 4.20. The molecule has 1 aliphatic heterocycles. The van der Waals surface area contributed by atoms with Gasteiger partial charge in [-0.3, -0.25) is 0 Å². The Balaban J connectivity index is 1.61. The van der Waals surface area contributed by atoms with Crippen LogP contribution in [0.15, 0.2) is 18.2 Å². The van der Waals surface area contributed by atoms with Crippen LogP contribution < -0.4 is 10.6 Å². The predicted molar refractivity (Wildman–Crippen MR) is 82.7 cm³/mol. The third-order valence-electron chi connectivity index (χ3n) is 4.20. The van der Waals surface area contributed by atoms with Gasteiger partial charge in [-0.1, -0.05) is 23.8 Å². The van der Waals surface area contributed by atoms with Crippen molar-refractivity contribution >= 4 is 0 Å². The lowest BCUT2D eigenvalue weighted by Gasteiger charge is -2.22. The van der Waals surface area contributed by atoms with Gasteiger partial charge in [0.2, 0.25) is 0 Å². The molecule has 0 bridgehead atoms. The molecule has 2 nitrogen and oxygen atoms in total. The molecular weight excluding hydrogens is 232 g/mol. The topological polar surface area (TPSA) is 24.1 Å². The molecule has 1 heterocycles. The molecule has 2 N–H and O–H groups in total. The fourth-order valence-corrected chi connectivity index (χ4v) is 2.95. The van der Waals surface area contributed by atoms with E-state index in [1.165, 1.54) is 49.0 Å². The molecule has 0 aromatic heterocycles. The van der Waals surface area contributed by atoms with Crippen molar-refractivity contribution in [3.8, 4) is 0 Å². The molecular formula is C17H28N2.